The molecule has 0 radical (unpaired) electrons. The van der Waals surface area contributed by atoms with Gasteiger partial charge in [0.25, 0.3) is 5.91 Å². The van der Waals surface area contributed by atoms with Crippen molar-refractivity contribution in [3.8, 4) is 11.1 Å². The average molecular weight is 340 g/mol. The molecule has 0 aliphatic carbocycles. The van der Waals surface area contributed by atoms with Gasteiger partial charge in [0, 0.05) is 18.3 Å². The number of aryl methyl sites for hydroxylation is 1. The first kappa shape index (κ1) is 16.3. The Bertz CT molecular complexity index is 826. The number of nitrogens with one attached hydrogen (secondary N) is 1. The van der Waals surface area contributed by atoms with Crippen molar-refractivity contribution in [2.75, 3.05) is 0 Å². The lowest BCUT2D eigenvalue weighted by Gasteiger charge is -2.06. The van der Waals surface area contributed by atoms with E-state index in [0.29, 0.717) is 22.8 Å². The number of rotatable bonds is 5. The van der Waals surface area contributed by atoms with Crippen LogP contribution < -0.4 is 5.32 Å². The van der Waals surface area contributed by atoms with Gasteiger partial charge in [0.15, 0.2) is 0 Å². The lowest BCUT2D eigenvalue weighted by Crippen LogP contribution is -2.23. The monoisotopic (exact) mass is 339 g/mol. The Morgan fingerprint density at radius 2 is 1.75 bits per heavy atom. The van der Waals surface area contributed by atoms with Gasteiger partial charge in [-0.25, -0.2) is 0 Å². The largest absolute Gasteiger partial charge is 0.346 e. The normalized spacial score (nSPS) is 10.6. The molecule has 0 bridgehead atoms. The molecule has 1 heterocycles. The van der Waals surface area contributed by atoms with E-state index in [9.17, 15) is 4.79 Å². The van der Waals surface area contributed by atoms with Crippen LogP contribution in [0.3, 0.4) is 0 Å². The van der Waals surface area contributed by atoms with Crippen molar-refractivity contribution in [2.45, 2.75) is 20.0 Å². The fraction of sp³-hybridized carbons (Fsp3) is 0.158. The van der Waals surface area contributed by atoms with Crippen molar-refractivity contribution in [3.63, 3.8) is 0 Å². The van der Waals surface area contributed by atoms with Crippen LogP contribution in [0.5, 0.6) is 0 Å². The molecular formula is C19H18ClN3O. The Labute approximate surface area is 146 Å². The summed E-state index contributed by atoms with van der Waals surface area (Å²) in [5.41, 5.74) is 3.49. The predicted molar refractivity (Wildman–Crippen MR) is 96.0 cm³/mol. The van der Waals surface area contributed by atoms with Crippen LogP contribution in [-0.4, -0.2) is 15.7 Å². The van der Waals surface area contributed by atoms with Gasteiger partial charge in [-0.05, 0) is 30.2 Å². The number of halogens is 1. The molecule has 0 unspecified atom stereocenters. The minimum Gasteiger partial charge on any atom is -0.346 e. The summed E-state index contributed by atoms with van der Waals surface area (Å²) in [6.07, 6.45) is 1.76. The average Bonchev–Trinajstić information content (AvgIpc) is 3.00. The summed E-state index contributed by atoms with van der Waals surface area (Å²) in [5.74, 6) is -0.142. The number of carbonyl (C=O) groups is 1. The molecule has 0 aliphatic heterocycles. The van der Waals surface area contributed by atoms with E-state index in [1.165, 1.54) is 0 Å². The third kappa shape index (κ3) is 3.66. The number of hydrogen-bond donors (Lipinski definition) is 1. The lowest BCUT2D eigenvalue weighted by atomic mass is 10.0. The maximum absolute atomic E-state index is 12.3. The van der Waals surface area contributed by atoms with Gasteiger partial charge >= 0.3 is 0 Å². The van der Waals surface area contributed by atoms with E-state index < -0.39 is 0 Å². The Kier molecular flexibility index (Phi) is 4.96. The number of aromatic nitrogens is 2. The lowest BCUT2D eigenvalue weighted by molar-refractivity contribution is 0.0950. The molecule has 4 nitrogen and oxygen atoms in total. The summed E-state index contributed by atoms with van der Waals surface area (Å²) in [4.78, 5) is 12.3. The van der Waals surface area contributed by atoms with Crippen LogP contribution in [0.15, 0.2) is 60.8 Å². The third-order valence-corrected chi connectivity index (χ3v) is 4.10. The molecule has 3 aromatic rings. The Morgan fingerprint density at radius 1 is 1.08 bits per heavy atom. The number of nitrogens with zero attached hydrogens (tertiary/aromatic N) is 2. The van der Waals surface area contributed by atoms with Gasteiger partial charge in [-0.3, -0.25) is 9.48 Å². The van der Waals surface area contributed by atoms with Gasteiger partial charge in [-0.2, -0.15) is 5.10 Å². The minimum atomic E-state index is -0.142. The minimum absolute atomic E-state index is 0.142. The number of amides is 1. The highest BCUT2D eigenvalue weighted by Crippen LogP contribution is 2.19. The molecule has 0 aliphatic rings. The van der Waals surface area contributed by atoms with Crippen LogP contribution >= 0.6 is 11.6 Å². The summed E-state index contributed by atoms with van der Waals surface area (Å²) in [6, 6.07) is 17.6. The van der Waals surface area contributed by atoms with Crippen molar-refractivity contribution >= 4 is 17.5 Å². The van der Waals surface area contributed by atoms with Crippen molar-refractivity contribution in [3.05, 3.63) is 77.1 Å². The molecule has 1 amide bonds. The molecule has 0 saturated heterocycles. The van der Waals surface area contributed by atoms with Crippen LogP contribution in [0.1, 0.15) is 23.0 Å². The van der Waals surface area contributed by atoms with E-state index in [1.54, 1.807) is 10.9 Å². The fourth-order valence-corrected chi connectivity index (χ4v) is 2.65. The number of benzene rings is 2. The standard InChI is InChI=1S/C19H18ClN3O/c1-2-23-13-17(20)18(22-23)12-21-19(24)16-10-8-15(9-11-16)14-6-4-3-5-7-14/h3-11,13H,2,12H2,1H3,(H,21,24). The van der Waals surface area contributed by atoms with E-state index in [-0.39, 0.29) is 5.91 Å². The maximum atomic E-state index is 12.3. The van der Waals surface area contributed by atoms with Gasteiger partial charge in [0.2, 0.25) is 0 Å². The summed E-state index contributed by atoms with van der Waals surface area (Å²) in [5, 5.41) is 7.74. The Hall–Kier alpha value is -2.59. The second-order valence-corrected chi connectivity index (χ2v) is 5.81. The predicted octanol–water partition coefficient (Wildman–Crippen LogP) is 4.15. The van der Waals surface area contributed by atoms with E-state index in [4.69, 9.17) is 11.6 Å². The van der Waals surface area contributed by atoms with E-state index in [1.807, 2.05) is 61.5 Å². The van der Waals surface area contributed by atoms with Crippen LogP contribution in [-0.2, 0) is 13.1 Å². The molecule has 2 aromatic carbocycles. The highest BCUT2D eigenvalue weighted by atomic mass is 35.5. The van der Waals surface area contributed by atoms with Crippen molar-refractivity contribution in [1.82, 2.24) is 15.1 Å². The second kappa shape index (κ2) is 7.32. The molecule has 3 rings (SSSR count). The summed E-state index contributed by atoms with van der Waals surface area (Å²) in [6.45, 7) is 3.04. The van der Waals surface area contributed by atoms with Gasteiger partial charge in [-0.1, -0.05) is 54.1 Å². The van der Waals surface area contributed by atoms with Crippen LogP contribution in [0.25, 0.3) is 11.1 Å². The molecule has 122 valence electrons. The highest BCUT2D eigenvalue weighted by molar-refractivity contribution is 6.31. The Morgan fingerprint density at radius 3 is 2.38 bits per heavy atom. The second-order valence-electron chi connectivity index (χ2n) is 5.41. The summed E-state index contributed by atoms with van der Waals surface area (Å²) < 4.78 is 1.75. The van der Waals surface area contributed by atoms with Gasteiger partial charge < -0.3 is 5.32 Å². The fourth-order valence-electron chi connectivity index (χ4n) is 2.43. The van der Waals surface area contributed by atoms with E-state index in [2.05, 4.69) is 10.4 Å². The topological polar surface area (TPSA) is 46.9 Å². The molecule has 1 N–H and O–H groups in total. The molecule has 0 spiro atoms. The van der Waals surface area contributed by atoms with E-state index >= 15 is 0 Å². The maximum Gasteiger partial charge on any atom is 0.251 e. The molecular weight excluding hydrogens is 322 g/mol. The number of carbonyl (C=O) groups excluding carboxylic acids is 1. The highest BCUT2D eigenvalue weighted by Gasteiger charge is 2.10. The molecule has 0 fully saturated rings. The van der Waals surface area contributed by atoms with Crippen molar-refractivity contribution in [2.24, 2.45) is 0 Å². The SMILES string of the molecule is CCn1cc(Cl)c(CNC(=O)c2ccc(-c3ccccc3)cc2)n1. The quantitative estimate of drug-likeness (QED) is 0.759. The van der Waals surface area contributed by atoms with Gasteiger partial charge in [-0.15, -0.1) is 0 Å². The van der Waals surface area contributed by atoms with Crippen LogP contribution in [0.2, 0.25) is 5.02 Å². The van der Waals surface area contributed by atoms with Crippen LogP contribution in [0.4, 0.5) is 0 Å². The smallest absolute Gasteiger partial charge is 0.251 e. The molecule has 24 heavy (non-hydrogen) atoms. The van der Waals surface area contributed by atoms with Crippen LogP contribution in [0, 0.1) is 0 Å². The van der Waals surface area contributed by atoms with Gasteiger partial charge in [0.1, 0.15) is 5.69 Å². The summed E-state index contributed by atoms with van der Waals surface area (Å²) >= 11 is 6.11. The zero-order valence-electron chi connectivity index (χ0n) is 13.4. The van der Waals surface area contributed by atoms with Crippen molar-refractivity contribution in [1.29, 1.82) is 0 Å². The summed E-state index contributed by atoms with van der Waals surface area (Å²) in [7, 11) is 0. The zero-order valence-corrected chi connectivity index (χ0v) is 14.1. The molecule has 0 atom stereocenters. The first-order valence-corrected chi connectivity index (χ1v) is 8.20. The molecule has 1 aromatic heterocycles. The molecule has 0 saturated carbocycles. The Balaban J connectivity index is 1.66. The first-order valence-electron chi connectivity index (χ1n) is 7.83. The third-order valence-electron chi connectivity index (χ3n) is 3.78. The van der Waals surface area contributed by atoms with Crippen molar-refractivity contribution < 1.29 is 4.79 Å². The first-order chi connectivity index (χ1) is 11.7. The zero-order chi connectivity index (χ0) is 16.9. The van der Waals surface area contributed by atoms with E-state index in [0.717, 1.165) is 17.7 Å². The van der Waals surface area contributed by atoms with Gasteiger partial charge in [0.05, 0.1) is 11.6 Å². The number of hydrogen-bond acceptors (Lipinski definition) is 2. The molecule has 5 heteroatoms.